The van der Waals surface area contributed by atoms with Gasteiger partial charge in [0.05, 0.1) is 23.8 Å². The fourth-order valence-corrected chi connectivity index (χ4v) is 2.67. The van der Waals surface area contributed by atoms with Crippen LogP contribution in [0.25, 0.3) is 0 Å². The number of benzene rings is 2. The van der Waals surface area contributed by atoms with Crippen LogP contribution in [0.15, 0.2) is 80.9 Å². The van der Waals surface area contributed by atoms with Gasteiger partial charge in [-0.15, -0.1) is 0 Å². The molecule has 0 saturated heterocycles. The van der Waals surface area contributed by atoms with E-state index in [1.54, 1.807) is 24.9 Å². The van der Waals surface area contributed by atoms with Gasteiger partial charge in [-0.3, -0.25) is 20.8 Å². The van der Waals surface area contributed by atoms with Gasteiger partial charge in [-0.05, 0) is 37.1 Å². The topological polar surface area (TPSA) is 73.5 Å². The summed E-state index contributed by atoms with van der Waals surface area (Å²) in [6.45, 7) is 1.72. The molecule has 0 fully saturated rings. The third-order valence-electron chi connectivity index (χ3n) is 4.25. The van der Waals surface area contributed by atoms with Crippen LogP contribution in [0.5, 0.6) is 0 Å². The first-order valence-corrected chi connectivity index (χ1v) is 10.6. The maximum atomic E-state index is 4.35. The molecule has 0 unspecified atom stereocenters. The number of unbranched alkanes of at least 4 members (excludes halogenated alkanes) is 5. The lowest BCUT2D eigenvalue weighted by atomic mass is 10.1. The first kappa shape index (κ1) is 23.0. The van der Waals surface area contributed by atoms with Crippen LogP contribution in [0.4, 0.5) is 11.4 Å². The summed E-state index contributed by atoms with van der Waals surface area (Å²) in [5, 5.41) is 8.21. The summed E-state index contributed by atoms with van der Waals surface area (Å²) in [5.41, 5.74) is 7.86. The van der Waals surface area contributed by atoms with E-state index in [4.69, 9.17) is 0 Å². The zero-order chi connectivity index (χ0) is 21.0. The van der Waals surface area contributed by atoms with Gasteiger partial charge in [-0.25, -0.2) is 0 Å². The second-order valence-corrected chi connectivity index (χ2v) is 6.74. The minimum atomic E-state index is 0.859. The highest BCUT2D eigenvalue weighted by Crippen LogP contribution is 2.06. The molecule has 0 aromatic heterocycles. The molecule has 6 nitrogen and oxygen atoms in total. The summed E-state index contributed by atoms with van der Waals surface area (Å²) in [6, 6.07) is 19.7. The maximum absolute atomic E-state index is 4.35. The van der Waals surface area contributed by atoms with Gasteiger partial charge < -0.3 is 0 Å². The van der Waals surface area contributed by atoms with Crippen molar-refractivity contribution in [2.75, 3.05) is 23.9 Å². The first-order chi connectivity index (χ1) is 14.9. The molecule has 0 bridgehead atoms. The van der Waals surface area contributed by atoms with Gasteiger partial charge in [0.25, 0.3) is 0 Å². The van der Waals surface area contributed by atoms with Crippen molar-refractivity contribution in [3.8, 4) is 0 Å². The maximum Gasteiger partial charge on any atom is 0.0650 e. The third kappa shape index (κ3) is 12.2. The molecule has 158 valence electrons. The predicted octanol–water partition coefficient (Wildman–Crippen LogP) is 5.66. The Labute approximate surface area is 179 Å². The van der Waals surface area contributed by atoms with Crippen LogP contribution in [0, 0.1) is 0 Å². The fourth-order valence-electron chi connectivity index (χ4n) is 2.67. The number of rotatable bonds is 15. The lowest BCUT2D eigenvalue weighted by molar-refractivity contribution is 0.603. The number of para-hydroxylation sites is 2. The van der Waals surface area contributed by atoms with Crippen LogP contribution in [0.1, 0.15) is 38.5 Å². The highest BCUT2D eigenvalue weighted by molar-refractivity contribution is 6.16. The third-order valence-corrected chi connectivity index (χ3v) is 4.25. The molecule has 0 spiro atoms. The molecule has 30 heavy (non-hydrogen) atoms. The van der Waals surface area contributed by atoms with Gasteiger partial charge in [-0.1, -0.05) is 62.1 Å². The van der Waals surface area contributed by atoms with Crippen molar-refractivity contribution >= 4 is 36.2 Å². The molecule has 2 aromatic rings. The Morgan fingerprint density at radius 1 is 0.500 bits per heavy atom. The first-order valence-electron chi connectivity index (χ1n) is 10.6. The van der Waals surface area contributed by atoms with E-state index in [-0.39, 0.29) is 0 Å². The Kier molecular flexibility index (Phi) is 12.8. The molecular formula is C24H32N6. The predicted molar refractivity (Wildman–Crippen MR) is 132 cm³/mol. The molecule has 2 rings (SSSR count). The van der Waals surface area contributed by atoms with Crippen LogP contribution in [-0.2, 0) is 0 Å². The number of hydrazone groups is 2. The summed E-state index contributed by atoms with van der Waals surface area (Å²) in [5.74, 6) is 0. The zero-order valence-electron chi connectivity index (χ0n) is 17.5. The monoisotopic (exact) mass is 404 g/mol. The molecule has 0 aliphatic rings. The molecule has 6 heteroatoms. The van der Waals surface area contributed by atoms with Gasteiger partial charge >= 0.3 is 0 Å². The van der Waals surface area contributed by atoms with Gasteiger partial charge in [0, 0.05) is 25.5 Å². The molecule has 2 aromatic carbocycles. The van der Waals surface area contributed by atoms with Crippen LogP contribution in [0.3, 0.4) is 0 Å². The Morgan fingerprint density at radius 3 is 1.33 bits per heavy atom. The second kappa shape index (κ2) is 16.7. The standard InChI is InChI=1S/C24H32N6/c1(3-11-17-25-19-21-27-29-23-13-7-5-8-14-23)2-4-12-18-26-20-22-28-30-24-15-9-6-10-16-24/h5-10,13-16,19-22,29-30H,1-4,11-12,17-18H2/b25-19?,26-20?,27-21+,28-22+. The average Bonchev–Trinajstić information content (AvgIpc) is 2.79. The lowest BCUT2D eigenvalue weighted by Gasteiger charge is -1.99. The van der Waals surface area contributed by atoms with Crippen molar-refractivity contribution in [2.24, 2.45) is 20.2 Å². The molecule has 0 amide bonds. The average molecular weight is 405 g/mol. The zero-order valence-corrected chi connectivity index (χ0v) is 17.5. The quantitative estimate of drug-likeness (QED) is 0.228. The van der Waals surface area contributed by atoms with Crippen molar-refractivity contribution in [3.05, 3.63) is 60.7 Å². The molecule has 0 radical (unpaired) electrons. The van der Waals surface area contributed by atoms with Gasteiger partial charge in [0.15, 0.2) is 0 Å². The summed E-state index contributed by atoms with van der Waals surface area (Å²) in [6.07, 6.45) is 14.1. The Hall–Kier alpha value is -3.28. The minimum absolute atomic E-state index is 0.859. The number of nitrogens with zero attached hydrogens (tertiary/aromatic N) is 4. The normalized spacial score (nSPS) is 11.9. The smallest absolute Gasteiger partial charge is 0.0650 e. The largest absolute Gasteiger partial charge is 0.292 e. The molecule has 2 N–H and O–H groups in total. The van der Waals surface area contributed by atoms with Crippen LogP contribution in [0.2, 0.25) is 0 Å². The van der Waals surface area contributed by atoms with Crippen molar-refractivity contribution in [1.29, 1.82) is 0 Å². The molecule has 0 heterocycles. The number of anilines is 2. The van der Waals surface area contributed by atoms with Crippen LogP contribution < -0.4 is 10.9 Å². The van der Waals surface area contributed by atoms with E-state index in [2.05, 4.69) is 31.0 Å². The van der Waals surface area contributed by atoms with Gasteiger partial charge in [0.1, 0.15) is 0 Å². The molecule has 0 aliphatic heterocycles. The highest BCUT2D eigenvalue weighted by Gasteiger charge is 1.90. The van der Waals surface area contributed by atoms with Crippen molar-refractivity contribution in [2.45, 2.75) is 38.5 Å². The number of hydrogen-bond donors (Lipinski definition) is 2. The van der Waals surface area contributed by atoms with Crippen LogP contribution >= 0.6 is 0 Å². The molecule has 0 aliphatic carbocycles. The van der Waals surface area contributed by atoms with Crippen molar-refractivity contribution < 1.29 is 0 Å². The van der Waals surface area contributed by atoms with E-state index < -0.39 is 0 Å². The summed E-state index contributed by atoms with van der Waals surface area (Å²) in [7, 11) is 0. The highest BCUT2D eigenvalue weighted by atomic mass is 15.3. The van der Waals surface area contributed by atoms with E-state index >= 15 is 0 Å². The SMILES string of the molecule is C(/C=N/Nc1ccccc1)=NCCCCCCCCN=C/C=N/Nc1ccccc1. The molecule has 0 saturated carbocycles. The van der Waals surface area contributed by atoms with E-state index in [1.165, 1.54) is 25.7 Å². The van der Waals surface area contributed by atoms with Crippen LogP contribution in [-0.4, -0.2) is 37.9 Å². The summed E-state index contributed by atoms with van der Waals surface area (Å²) in [4.78, 5) is 8.71. The number of aliphatic imine (C=N–C) groups is 2. The van der Waals surface area contributed by atoms with E-state index in [0.717, 1.165) is 37.3 Å². The number of nitrogens with one attached hydrogen (secondary N) is 2. The summed E-state index contributed by atoms with van der Waals surface area (Å²) >= 11 is 0. The minimum Gasteiger partial charge on any atom is -0.292 e. The lowest BCUT2D eigenvalue weighted by Crippen LogP contribution is -1.91. The molecular weight excluding hydrogens is 372 g/mol. The van der Waals surface area contributed by atoms with E-state index in [0.29, 0.717) is 0 Å². The fraction of sp³-hybridized carbons (Fsp3) is 0.333. The van der Waals surface area contributed by atoms with E-state index in [1.807, 2.05) is 60.7 Å². The Balaban J connectivity index is 1.35. The van der Waals surface area contributed by atoms with Crippen molar-refractivity contribution in [1.82, 2.24) is 0 Å². The Morgan fingerprint density at radius 2 is 0.900 bits per heavy atom. The summed E-state index contributed by atoms with van der Waals surface area (Å²) < 4.78 is 0. The molecule has 0 atom stereocenters. The Bertz CT molecular complexity index is 701. The van der Waals surface area contributed by atoms with E-state index in [9.17, 15) is 0 Å². The second-order valence-electron chi connectivity index (χ2n) is 6.74. The van der Waals surface area contributed by atoms with Crippen molar-refractivity contribution in [3.63, 3.8) is 0 Å². The number of hydrogen-bond acceptors (Lipinski definition) is 6. The van der Waals surface area contributed by atoms with Gasteiger partial charge in [0.2, 0.25) is 0 Å². The van der Waals surface area contributed by atoms with Gasteiger partial charge in [-0.2, -0.15) is 10.2 Å².